The molecule has 1 rings (SSSR count). The molecular weight excluding hydrogens is 208 g/mol. The Bertz CT molecular complexity index is 379. The average Bonchev–Trinajstić information content (AvgIpc) is 2.28. The minimum Gasteiger partial charge on any atom is -0.495 e. The highest BCUT2D eigenvalue weighted by molar-refractivity contribution is 5.95. The molecule has 0 aromatic heterocycles. The predicted octanol–water partition coefficient (Wildman–Crippen LogP) is 0.388. The van der Waals surface area contributed by atoms with Gasteiger partial charge in [-0.1, -0.05) is 0 Å². The number of ether oxygens (including phenoxy) is 1. The minimum absolute atomic E-state index is 0.0998. The molecule has 4 N–H and O–H groups in total. The second-order valence-corrected chi connectivity index (χ2v) is 3.51. The van der Waals surface area contributed by atoms with Gasteiger partial charge < -0.3 is 20.9 Å². The van der Waals surface area contributed by atoms with Crippen molar-refractivity contribution < 1.29 is 14.6 Å². The maximum absolute atomic E-state index is 11.6. The largest absolute Gasteiger partial charge is 0.495 e. The Morgan fingerprint density at radius 2 is 2.31 bits per heavy atom. The first-order chi connectivity index (χ1) is 7.58. The zero-order chi connectivity index (χ0) is 12.1. The topological polar surface area (TPSA) is 84.6 Å². The summed E-state index contributed by atoms with van der Waals surface area (Å²) in [6.07, 6.45) is 0. The molecule has 1 amide bonds. The normalized spacial score (nSPS) is 11.9. The van der Waals surface area contributed by atoms with E-state index in [1.165, 1.54) is 13.2 Å². The van der Waals surface area contributed by atoms with Crippen molar-refractivity contribution >= 4 is 11.6 Å². The molecule has 0 bridgehead atoms. The van der Waals surface area contributed by atoms with Crippen molar-refractivity contribution in [2.24, 2.45) is 0 Å². The zero-order valence-corrected chi connectivity index (χ0v) is 9.36. The molecule has 5 nitrogen and oxygen atoms in total. The Balaban J connectivity index is 2.81. The van der Waals surface area contributed by atoms with Crippen LogP contribution in [0.2, 0.25) is 0 Å². The number of amides is 1. The quantitative estimate of drug-likeness (QED) is 0.646. The third kappa shape index (κ3) is 2.87. The lowest BCUT2D eigenvalue weighted by molar-refractivity contribution is 0.0922. The lowest BCUT2D eigenvalue weighted by Gasteiger charge is -2.11. The molecule has 1 aromatic carbocycles. The molecule has 88 valence electrons. The summed E-state index contributed by atoms with van der Waals surface area (Å²) in [6.45, 7) is 1.61. The molecule has 5 heteroatoms. The minimum atomic E-state index is -0.282. The van der Waals surface area contributed by atoms with Crippen LogP contribution in [0.5, 0.6) is 5.75 Å². The van der Waals surface area contributed by atoms with E-state index in [1.807, 2.05) is 0 Å². The van der Waals surface area contributed by atoms with E-state index in [-0.39, 0.29) is 18.6 Å². The maximum Gasteiger partial charge on any atom is 0.251 e. The van der Waals surface area contributed by atoms with Crippen LogP contribution in [0.25, 0.3) is 0 Å². The van der Waals surface area contributed by atoms with E-state index in [0.29, 0.717) is 17.0 Å². The standard InChI is InChI=1S/C11H16N2O3/c1-7(6-14)13-11(15)8-3-4-10(16-2)9(12)5-8/h3-5,7,14H,6,12H2,1-2H3,(H,13,15)/t7-/m1/s1. The predicted molar refractivity (Wildman–Crippen MR) is 61.4 cm³/mol. The Morgan fingerprint density at radius 3 is 2.81 bits per heavy atom. The third-order valence-corrected chi connectivity index (χ3v) is 2.14. The third-order valence-electron chi connectivity index (χ3n) is 2.14. The molecule has 0 saturated carbocycles. The van der Waals surface area contributed by atoms with Crippen molar-refractivity contribution in [1.29, 1.82) is 0 Å². The summed E-state index contributed by atoms with van der Waals surface area (Å²) in [7, 11) is 1.51. The van der Waals surface area contributed by atoms with Gasteiger partial charge in [-0.05, 0) is 25.1 Å². The molecule has 1 aromatic rings. The van der Waals surface area contributed by atoms with Crippen molar-refractivity contribution in [2.45, 2.75) is 13.0 Å². The Hall–Kier alpha value is -1.75. The van der Waals surface area contributed by atoms with Crippen LogP contribution >= 0.6 is 0 Å². The lowest BCUT2D eigenvalue weighted by atomic mass is 10.1. The molecular formula is C11H16N2O3. The zero-order valence-electron chi connectivity index (χ0n) is 9.36. The second kappa shape index (κ2) is 5.37. The van der Waals surface area contributed by atoms with Gasteiger partial charge in [0.1, 0.15) is 5.75 Å². The van der Waals surface area contributed by atoms with Crippen LogP contribution in [0.1, 0.15) is 17.3 Å². The van der Waals surface area contributed by atoms with Gasteiger partial charge in [-0.2, -0.15) is 0 Å². The van der Waals surface area contributed by atoms with Crippen LogP contribution in [0, 0.1) is 0 Å². The van der Waals surface area contributed by atoms with Crippen LogP contribution in [0.4, 0.5) is 5.69 Å². The first-order valence-corrected chi connectivity index (χ1v) is 4.93. The Kier molecular flexibility index (Phi) is 4.13. The van der Waals surface area contributed by atoms with Gasteiger partial charge in [0.05, 0.1) is 19.4 Å². The number of aliphatic hydroxyl groups is 1. The van der Waals surface area contributed by atoms with Crippen LogP contribution < -0.4 is 15.8 Å². The summed E-state index contributed by atoms with van der Waals surface area (Å²) >= 11 is 0. The van der Waals surface area contributed by atoms with E-state index in [2.05, 4.69) is 5.32 Å². The number of anilines is 1. The van der Waals surface area contributed by atoms with Gasteiger partial charge in [0, 0.05) is 11.6 Å². The van der Waals surface area contributed by atoms with Gasteiger partial charge in [0.2, 0.25) is 0 Å². The van der Waals surface area contributed by atoms with Crippen molar-refractivity contribution in [1.82, 2.24) is 5.32 Å². The first kappa shape index (κ1) is 12.3. The van der Waals surface area contributed by atoms with Crippen LogP contribution in [0.3, 0.4) is 0 Å². The highest BCUT2D eigenvalue weighted by Crippen LogP contribution is 2.21. The Labute approximate surface area is 94.2 Å². The monoisotopic (exact) mass is 224 g/mol. The van der Waals surface area contributed by atoms with Crippen molar-refractivity contribution in [2.75, 3.05) is 19.5 Å². The van der Waals surface area contributed by atoms with Gasteiger partial charge in [0.25, 0.3) is 5.91 Å². The molecule has 0 aliphatic heterocycles. The summed E-state index contributed by atoms with van der Waals surface area (Å²) < 4.78 is 4.99. The van der Waals surface area contributed by atoms with E-state index in [9.17, 15) is 4.79 Å². The highest BCUT2D eigenvalue weighted by atomic mass is 16.5. The molecule has 16 heavy (non-hydrogen) atoms. The SMILES string of the molecule is COc1ccc(C(=O)N[C@H](C)CO)cc1N. The fourth-order valence-corrected chi connectivity index (χ4v) is 1.23. The van der Waals surface area contributed by atoms with Gasteiger partial charge in [0.15, 0.2) is 0 Å². The number of carbonyl (C=O) groups excluding carboxylic acids is 1. The smallest absolute Gasteiger partial charge is 0.251 e. The van der Waals surface area contributed by atoms with E-state index >= 15 is 0 Å². The fourth-order valence-electron chi connectivity index (χ4n) is 1.23. The maximum atomic E-state index is 11.6. The average molecular weight is 224 g/mol. The van der Waals surface area contributed by atoms with Crippen molar-refractivity contribution in [3.05, 3.63) is 23.8 Å². The Morgan fingerprint density at radius 1 is 1.62 bits per heavy atom. The molecule has 0 spiro atoms. The number of aliphatic hydroxyl groups excluding tert-OH is 1. The van der Waals surface area contributed by atoms with Gasteiger partial charge in [-0.25, -0.2) is 0 Å². The molecule has 0 heterocycles. The molecule has 0 fully saturated rings. The molecule has 0 aliphatic rings. The molecule has 0 unspecified atom stereocenters. The number of rotatable bonds is 4. The summed E-state index contributed by atoms with van der Waals surface area (Å²) in [6, 6.07) is 4.51. The van der Waals surface area contributed by atoms with Crippen LogP contribution in [0.15, 0.2) is 18.2 Å². The molecule has 0 saturated heterocycles. The van der Waals surface area contributed by atoms with E-state index < -0.39 is 0 Å². The highest BCUT2D eigenvalue weighted by Gasteiger charge is 2.10. The van der Waals surface area contributed by atoms with Crippen LogP contribution in [-0.2, 0) is 0 Å². The molecule has 0 radical (unpaired) electrons. The fraction of sp³-hybridized carbons (Fsp3) is 0.364. The number of nitrogens with two attached hydrogens (primary N) is 1. The summed E-state index contributed by atoms with van der Waals surface area (Å²) in [5, 5.41) is 11.4. The van der Waals surface area contributed by atoms with Crippen LogP contribution in [-0.4, -0.2) is 30.8 Å². The number of carbonyl (C=O) groups is 1. The van der Waals surface area contributed by atoms with Gasteiger partial charge >= 0.3 is 0 Å². The molecule has 0 aliphatic carbocycles. The van der Waals surface area contributed by atoms with E-state index in [0.717, 1.165) is 0 Å². The number of nitrogen functional groups attached to an aromatic ring is 1. The van der Waals surface area contributed by atoms with Gasteiger partial charge in [-0.3, -0.25) is 4.79 Å². The number of methoxy groups -OCH3 is 1. The van der Waals surface area contributed by atoms with E-state index in [4.69, 9.17) is 15.6 Å². The lowest BCUT2D eigenvalue weighted by Crippen LogP contribution is -2.34. The summed E-state index contributed by atoms with van der Waals surface area (Å²) in [5.41, 5.74) is 6.53. The summed E-state index contributed by atoms with van der Waals surface area (Å²) in [5.74, 6) is 0.266. The van der Waals surface area contributed by atoms with E-state index in [1.54, 1.807) is 19.1 Å². The number of nitrogens with one attached hydrogen (secondary N) is 1. The summed E-state index contributed by atoms with van der Waals surface area (Å²) in [4.78, 5) is 11.6. The van der Waals surface area contributed by atoms with Gasteiger partial charge in [-0.15, -0.1) is 0 Å². The number of hydrogen-bond donors (Lipinski definition) is 3. The van der Waals surface area contributed by atoms with Crippen molar-refractivity contribution in [3.8, 4) is 5.75 Å². The van der Waals surface area contributed by atoms with Crippen molar-refractivity contribution in [3.63, 3.8) is 0 Å². The molecule has 1 atom stereocenters. The first-order valence-electron chi connectivity index (χ1n) is 4.93. The number of hydrogen-bond acceptors (Lipinski definition) is 4. The second-order valence-electron chi connectivity index (χ2n) is 3.51. The number of benzene rings is 1.